The van der Waals surface area contributed by atoms with Gasteiger partial charge in [0.1, 0.15) is 11.0 Å². The lowest BCUT2D eigenvalue weighted by molar-refractivity contribution is -0.144. The topological polar surface area (TPSA) is 69.2 Å². The monoisotopic (exact) mass is 354 g/mol. The largest absolute Gasteiger partial charge is 0.466 e. The van der Waals surface area contributed by atoms with Gasteiger partial charge in [-0.1, -0.05) is 35.9 Å². The SMILES string of the molecule is CCOC(=O)C(CC(=O)c1ccc(C)cc1)c1ccc2nsnc2c1. The summed E-state index contributed by atoms with van der Waals surface area (Å²) in [5.41, 5.74) is 3.90. The lowest BCUT2D eigenvalue weighted by Gasteiger charge is -2.15. The third-order valence-electron chi connectivity index (χ3n) is 4.01. The number of carbonyl (C=O) groups is 2. The maximum Gasteiger partial charge on any atom is 0.313 e. The van der Waals surface area contributed by atoms with Crippen LogP contribution in [0, 0.1) is 6.92 Å². The molecule has 3 rings (SSSR count). The van der Waals surface area contributed by atoms with E-state index in [1.807, 2.05) is 37.3 Å². The minimum Gasteiger partial charge on any atom is -0.466 e. The fourth-order valence-electron chi connectivity index (χ4n) is 2.64. The minimum atomic E-state index is -0.653. The number of hydrogen-bond donors (Lipinski definition) is 0. The Morgan fingerprint density at radius 1 is 1.08 bits per heavy atom. The fraction of sp³-hybridized carbons (Fsp3) is 0.263. The molecule has 1 heterocycles. The smallest absolute Gasteiger partial charge is 0.313 e. The molecule has 0 spiro atoms. The molecule has 25 heavy (non-hydrogen) atoms. The molecule has 1 atom stereocenters. The molecule has 0 aliphatic heterocycles. The molecule has 0 fully saturated rings. The zero-order valence-electron chi connectivity index (χ0n) is 14.1. The van der Waals surface area contributed by atoms with Crippen molar-refractivity contribution in [2.75, 3.05) is 6.61 Å². The van der Waals surface area contributed by atoms with Gasteiger partial charge >= 0.3 is 5.97 Å². The number of fused-ring (bicyclic) bond motifs is 1. The van der Waals surface area contributed by atoms with Crippen molar-refractivity contribution >= 4 is 34.5 Å². The number of Topliss-reactive ketones (excluding diaryl/α,β-unsaturated/α-hetero) is 1. The van der Waals surface area contributed by atoms with Crippen molar-refractivity contribution < 1.29 is 14.3 Å². The van der Waals surface area contributed by atoms with Gasteiger partial charge in [0, 0.05) is 12.0 Å². The molecule has 0 amide bonds. The average Bonchev–Trinajstić information content (AvgIpc) is 3.08. The average molecular weight is 354 g/mol. The van der Waals surface area contributed by atoms with E-state index in [2.05, 4.69) is 8.75 Å². The summed E-state index contributed by atoms with van der Waals surface area (Å²) in [6.07, 6.45) is 0.0605. The van der Waals surface area contributed by atoms with E-state index in [1.165, 1.54) is 0 Å². The summed E-state index contributed by atoms with van der Waals surface area (Å²) in [5.74, 6) is -1.14. The van der Waals surface area contributed by atoms with E-state index >= 15 is 0 Å². The minimum absolute atomic E-state index is 0.0605. The van der Waals surface area contributed by atoms with Gasteiger partial charge in [0.25, 0.3) is 0 Å². The summed E-state index contributed by atoms with van der Waals surface area (Å²) in [5, 5.41) is 0. The first-order valence-electron chi connectivity index (χ1n) is 8.07. The van der Waals surface area contributed by atoms with Crippen LogP contribution < -0.4 is 0 Å². The quantitative estimate of drug-likeness (QED) is 0.496. The summed E-state index contributed by atoms with van der Waals surface area (Å²) in [6, 6.07) is 12.8. The van der Waals surface area contributed by atoms with Crippen molar-refractivity contribution in [2.45, 2.75) is 26.2 Å². The molecule has 0 saturated carbocycles. The van der Waals surface area contributed by atoms with Gasteiger partial charge in [0.05, 0.1) is 24.3 Å². The summed E-state index contributed by atoms with van der Waals surface area (Å²) in [7, 11) is 0. The van der Waals surface area contributed by atoms with Crippen LogP contribution in [-0.2, 0) is 9.53 Å². The molecular weight excluding hydrogens is 336 g/mol. The number of aromatic nitrogens is 2. The first kappa shape index (κ1) is 17.2. The van der Waals surface area contributed by atoms with Gasteiger partial charge in [-0.05, 0) is 31.5 Å². The predicted molar refractivity (Wildman–Crippen MR) is 96.9 cm³/mol. The van der Waals surface area contributed by atoms with Crippen LogP contribution in [0.4, 0.5) is 0 Å². The van der Waals surface area contributed by atoms with E-state index in [0.29, 0.717) is 5.56 Å². The first-order valence-corrected chi connectivity index (χ1v) is 8.80. The van der Waals surface area contributed by atoms with Crippen molar-refractivity contribution in [3.63, 3.8) is 0 Å². The number of nitrogens with zero attached hydrogens (tertiary/aromatic N) is 2. The number of carbonyl (C=O) groups excluding carboxylic acids is 2. The second-order valence-electron chi connectivity index (χ2n) is 5.81. The zero-order chi connectivity index (χ0) is 17.8. The van der Waals surface area contributed by atoms with Crippen LogP contribution in [0.2, 0.25) is 0 Å². The maximum absolute atomic E-state index is 12.6. The van der Waals surface area contributed by atoms with Gasteiger partial charge in [-0.15, -0.1) is 0 Å². The summed E-state index contributed by atoms with van der Waals surface area (Å²) in [6.45, 7) is 3.99. The Hall–Kier alpha value is -2.60. The Balaban J connectivity index is 1.89. The van der Waals surface area contributed by atoms with E-state index < -0.39 is 11.9 Å². The number of esters is 1. The molecule has 0 aliphatic rings. The van der Waals surface area contributed by atoms with Crippen LogP contribution >= 0.6 is 11.7 Å². The van der Waals surface area contributed by atoms with Crippen molar-refractivity contribution in [2.24, 2.45) is 0 Å². The van der Waals surface area contributed by atoms with Crippen LogP contribution in [0.15, 0.2) is 42.5 Å². The van der Waals surface area contributed by atoms with E-state index in [9.17, 15) is 9.59 Å². The Morgan fingerprint density at radius 2 is 1.80 bits per heavy atom. The van der Waals surface area contributed by atoms with Crippen LogP contribution in [0.1, 0.15) is 40.7 Å². The van der Waals surface area contributed by atoms with Crippen LogP contribution in [0.5, 0.6) is 0 Å². The molecule has 1 aromatic heterocycles. The number of rotatable bonds is 6. The van der Waals surface area contributed by atoms with Crippen LogP contribution in [0.25, 0.3) is 11.0 Å². The zero-order valence-corrected chi connectivity index (χ0v) is 14.9. The molecule has 128 valence electrons. The molecule has 1 unspecified atom stereocenters. The van der Waals surface area contributed by atoms with Crippen molar-refractivity contribution in [3.8, 4) is 0 Å². The number of ether oxygens (including phenoxy) is 1. The van der Waals surface area contributed by atoms with Crippen LogP contribution in [0.3, 0.4) is 0 Å². The lowest BCUT2D eigenvalue weighted by Crippen LogP contribution is -2.19. The third kappa shape index (κ3) is 3.91. The Labute approximate surface area is 150 Å². The van der Waals surface area contributed by atoms with Crippen LogP contribution in [-0.4, -0.2) is 27.1 Å². The molecule has 0 saturated heterocycles. The molecule has 3 aromatic rings. The molecule has 6 heteroatoms. The normalized spacial score (nSPS) is 12.1. The summed E-state index contributed by atoms with van der Waals surface area (Å²) < 4.78 is 13.6. The van der Waals surface area contributed by atoms with E-state index in [1.54, 1.807) is 19.1 Å². The number of benzene rings is 2. The van der Waals surface area contributed by atoms with Crippen molar-refractivity contribution in [1.82, 2.24) is 8.75 Å². The van der Waals surface area contributed by atoms with E-state index in [-0.39, 0.29) is 18.8 Å². The highest BCUT2D eigenvalue weighted by Gasteiger charge is 2.26. The molecule has 0 N–H and O–H groups in total. The number of ketones is 1. The summed E-state index contributed by atoms with van der Waals surface area (Å²) in [4.78, 5) is 25.1. The molecule has 0 bridgehead atoms. The van der Waals surface area contributed by atoms with Gasteiger partial charge in [-0.2, -0.15) is 8.75 Å². The highest BCUT2D eigenvalue weighted by atomic mass is 32.1. The van der Waals surface area contributed by atoms with Gasteiger partial charge in [-0.25, -0.2) is 0 Å². The second kappa shape index (κ2) is 7.53. The highest BCUT2D eigenvalue weighted by molar-refractivity contribution is 7.00. The van der Waals surface area contributed by atoms with E-state index in [4.69, 9.17) is 4.74 Å². The maximum atomic E-state index is 12.6. The third-order valence-corrected chi connectivity index (χ3v) is 4.57. The van der Waals surface area contributed by atoms with Gasteiger partial charge in [0.15, 0.2) is 5.78 Å². The number of hydrogen-bond acceptors (Lipinski definition) is 6. The molecule has 0 radical (unpaired) electrons. The Bertz CT molecular complexity index is 902. The van der Waals surface area contributed by atoms with Gasteiger partial charge in [-0.3, -0.25) is 9.59 Å². The Kier molecular flexibility index (Phi) is 5.19. The van der Waals surface area contributed by atoms with Gasteiger partial charge in [0.2, 0.25) is 0 Å². The molecule has 0 aliphatic carbocycles. The van der Waals surface area contributed by atoms with Gasteiger partial charge < -0.3 is 4.74 Å². The van der Waals surface area contributed by atoms with Crippen molar-refractivity contribution in [1.29, 1.82) is 0 Å². The Morgan fingerprint density at radius 3 is 2.52 bits per heavy atom. The molecule has 5 nitrogen and oxygen atoms in total. The fourth-order valence-corrected chi connectivity index (χ4v) is 3.16. The predicted octanol–water partition coefficient (Wildman–Crippen LogP) is 3.92. The standard InChI is InChI=1S/C19H18N2O3S/c1-3-24-19(23)15(11-18(22)13-6-4-12(2)5-7-13)14-8-9-16-17(10-14)21-25-20-16/h4-10,15H,3,11H2,1-2H3. The number of aryl methyl sites for hydroxylation is 1. The highest BCUT2D eigenvalue weighted by Crippen LogP contribution is 2.26. The second-order valence-corrected chi connectivity index (χ2v) is 6.34. The summed E-state index contributed by atoms with van der Waals surface area (Å²) >= 11 is 1.12. The molecule has 2 aromatic carbocycles. The van der Waals surface area contributed by atoms with E-state index in [0.717, 1.165) is 33.9 Å². The molecular formula is C19H18N2O3S. The lowest BCUT2D eigenvalue weighted by atomic mass is 9.91. The first-order chi connectivity index (χ1) is 12.1. The van der Waals surface area contributed by atoms with Crippen molar-refractivity contribution in [3.05, 3.63) is 59.2 Å².